The summed E-state index contributed by atoms with van der Waals surface area (Å²) >= 11 is 1.63. The van der Waals surface area contributed by atoms with Crippen molar-refractivity contribution in [3.8, 4) is 16.2 Å². The maximum absolute atomic E-state index is 10.5. The summed E-state index contributed by atoms with van der Waals surface area (Å²) in [5, 5.41) is 11.6. The Morgan fingerprint density at radius 1 is 1.33 bits per heavy atom. The average Bonchev–Trinajstić information content (AvgIpc) is 2.65. The van der Waals surface area contributed by atoms with Gasteiger partial charge in [-0.05, 0) is 41.6 Å². The Bertz CT molecular complexity index is 500. The highest BCUT2D eigenvalue weighted by atomic mass is 32.1. The first-order valence-corrected chi connectivity index (χ1v) is 5.42. The van der Waals surface area contributed by atoms with E-state index in [2.05, 4.69) is 11.4 Å². The molecule has 1 N–H and O–H groups in total. The Morgan fingerprint density at radius 2 is 2.13 bits per heavy atom. The molecule has 0 unspecified atom stereocenters. The highest BCUT2D eigenvalue weighted by Crippen LogP contribution is 2.30. The Morgan fingerprint density at radius 3 is 2.67 bits per heavy atom. The van der Waals surface area contributed by atoms with Gasteiger partial charge in [-0.2, -0.15) is 0 Å². The largest absolute Gasteiger partial charge is 0.507 e. The third kappa shape index (κ3) is 1.92. The lowest BCUT2D eigenvalue weighted by atomic mass is 10.1. The van der Waals surface area contributed by atoms with Crippen LogP contribution in [-0.2, 0) is 0 Å². The number of hydrogen-bond acceptors (Lipinski definition) is 3. The number of carbonyl (C=O) groups excluding carboxylic acids is 1. The number of phenolic OH excluding ortho intramolecular Hbond substituents is 1. The Hall–Kier alpha value is -1.61. The van der Waals surface area contributed by atoms with Gasteiger partial charge in [-0.1, -0.05) is 6.07 Å². The van der Waals surface area contributed by atoms with Gasteiger partial charge in [0, 0.05) is 4.88 Å². The average molecular weight is 218 g/mol. The van der Waals surface area contributed by atoms with Gasteiger partial charge in [-0.25, -0.2) is 0 Å². The molecule has 1 heterocycles. The van der Waals surface area contributed by atoms with Gasteiger partial charge in [-0.3, -0.25) is 4.79 Å². The second kappa shape index (κ2) is 3.87. The van der Waals surface area contributed by atoms with E-state index in [1.165, 1.54) is 5.56 Å². The molecule has 0 spiro atoms. The molecule has 0 saturated heterocycles. The lowest BCUT2D eigenvalue weighted by Gasteiger charge is -2.00. The molecule has 1 aromatic heterocycles. The van der Waals surface area contributed by atoms with Crippen molar-refractivity contribution in [1.29, 1.82) is 0 Å². The molecule has 0 aliphatic carbocycles. The Kier molecular flexibility index (Phi) is 2.56. The van der Waals surface area contributed by atoms with Gasteiger partial charge in [-0.15, -0.1) is 11.3 Å². The number of aromatic hydroxyl groups is 1. The molecule has 0 radical (unpaired) electrons. The van der Waals surface area contributed by atoms with E-state index in [4.69, 9.17) is 0 Å². The molecule has 0 fully saturated rings. The van der Waals surface area contributed by atoms with Crippen molar-refractivity contribution < 1.29 is 9.90 Å². The van der Waals surface area contributed by atoms with Gasteiger partial charge in [0.05, 0.1) is 5.56 Å². The molecule has 0 aliphatic rings. The van der Waals surface area contributed by atoms with E-state index >= 15 is 0 Å². The molecule has 0 saturated carbocycles. The molecule has 1 aromatic carbocycles. The van der Waals surface area contributed by atoms with E-state index in [9.17, 15) is 9.90 Å². The number of thiophene rings is 1. The summed E-state index contributed by atoms with van der Waals surface area (Å²) < 4.78 is 0. The van der Waals surface area contributed by atoms with Crippen molar-refractivity contribution in [2.24, 2.45) is 0 Å². The second-order valence-electron chi connectivity index (χ2n) is 3.38. The summed E-state index contributed by atoms with van der Waals surface area (Å²) in [5.74, 6) is 0.0357. The number of benzene rings is 1. The molecule has 2 rings (SSSR count). The number of aldehydes is 1. The first-order valence-electron chi connectivity index (χ1n) is 4.54. The summed E-state index contributed by atoms with van der Waals surface area (Å²) in [6.07, 6.45) is 0.652. The topological polar surface area (TPSA) is 37.3 Å². The monoisotopic (exact) mass is 218 g/mol. The van der Waals surface area contributed by atoms with E-state index in [1.807, 2.05) is 13.0 Å². The quantitative estimate of drug-likeness (QED) is 0.786. The zero-order valence-corrected chi connectivity index (χ0v) is 9.04. The zero-order valence-electron chi connectivity index (χ0n) is 8.23. The predicted molar refractivity (Wildman–Crippen MR) is 61.5 cm³/mol. The number of hydrogen-bond donors (Lipinski definition) is 1. The van der Waals surface area contributed by atoms with Crippen LogP contribution < -0.4 is 0 Å². The molecule has 76 valence electrons. The van der Waals surface area contributed by atoms with Gasteiger partial charge in [0.1, 0.15) is 5.75 Å². The van der Waals surface area contributed by atoms with Crippen LogP contribution >= 0.6 is 11.3 Å². The Labute approximate surface area is 91.8 Å². The van der Waals surface area contributed by atoms with E-state index in [1.54, 1.807) is 23.5 Å². The summed E-state index contributed by atoms with van der Waals surface area (Å²) in [4.78, 5) is 11.6. The summed E-state index contributed by atoms with van der Waals surface area (Å²) in [6.45, 7) is 2.03. The van der Waals surface area contributed by atoms with Crippen molar-refractivity contribution in [3.63, 3.8) is 0 Å². The SMILES string of the molecule is Cc1csc(-c2ccc(C=O)c(O)c2)c1. The maximum Gasteiger partial charge on any atom is 0.153 e. The van der Waals surface area contributed by atoms with Gasteiger partial charge >= 0.3 is 0 Å². The third-order valence-electron chi connectivity index (χ3n) is 2.17. The first kappa shape index (κ1) is 9.93. The van der Waals surface area contributed by atoms with Gasteiger partial charge in [0.25, 0.3) is 0 Å². The Balaban J connectivity index is 2.46. The number of carbonyl (C=O) groups is 1. The zero-order chi connectivity index (χ0) is 10.8. The van der Waals surface area contributed by atoms with Crippen molar-refractivity contribution >= 4 is 17.6 Å². The lowest BCUT2D eigenvalue weighted by Crippen LogP contribution is -1.81. The number of aryl methyl sites for hydroxylation is 1. The van der Waals surface area contributed by atoms with Crippen LogP contribution in [0.3, 0.4) is 0 Å². The molecule has 15 heavy (non-hydrogen) atoms. The van der Waals surface area contributed by atoms with E-state index in [0.717, 1.165) is 10.4 Å². The standard InChI is InChI=1S/C12H10O2S/c1-8-4-12(15-7-8)9-2-3-10(6-13)11(14)5-9/h2-7,14H,1H3. The highest BCUT2D eigenvalue weighted by molar-refractivity contribution is 7.13. The van der Waals surface area contributed by atoms with Crippen LogP contribution in [0.15, 0.2) is 29.6 Å². The fraction of sp³-hybridized carbons (Fsp3) is 0.0833. The summed E-state index contributed by atoms with van der Waals surface area (Å²) in [7, 11) is 0. The van der Waals surface area contributed by atoms with Crippen molar-refractivity contribution in [2.75, 3.05) is 0 Å². The van der Waals surface area contributed by atoms with Gasteiger partial charge < -0.3 is 5.11 Å². The molecular formula is C12H10O2S. The van der Waals surface area contributed by atoms with Crippen LogP contribution in [-0.4, -0.2) is 11.4 Å². The van der Waals surface area contributed by atoms with Crippen LogP contribution in [0.1, 0.15) is 15.9 Å². The minimum atomic E-state index is 0.0357. The highest BCUT2D eigenvalue weighted by Gasteiger charge is 2.04. The number of phenols is 1. The summed E-state index contributed by atoms with van der Waals surface area (Å²) in [5.41, 5.74) is 2.47. The van der Waals surface area contributed by atoms with E-state index in [-0.39, 0.29) is 5.75 Å². The van der Waals surface area contributed by atoms with Crippen molar-refractivity contribution in [2.45, 2.75) is 6.92 Å². The van der Waals surface area contributed by atoms with Gasteiger partial charge in [0.15, 0.2) is 6.29 Å². The maximum atomic E-state index is 10.5. The van der Waals surface area contributed by atoms with Crippen LogP contribution in [0, 0.1) is 6.92 Å². The molecule has 0 atom stereocenters. The van der Waals surface area contributed by atoms with Crippen molar-refractivity contribution in [1.82, 2.24) is 0 Å². The molecule has 0 bridgehead atoms. The third-order valence-corrected chi connectivity index (χ3v) is 3.27. The van der Waals surface area contributed by atoms with E-state index < -0.39 is 0 Å². The molecule has 2 aromatic rings. The minimum absolute atomic E-state index is 0.0357. The second-order valence-corrected chi connectivity index (χ2v) is 4.29. The minimum Gasteiger partial charge on any atom is -0.507 e. The molecule has 2 nitrogen and oxygen atoms in total. The predicted octanol–water partition coefficient (Wildman–Crippen LogP) is 3.24. The fourth-order valence-electron chi connectivity index (χ4n) is 1.38. The molecule has 0 amide bonds. The van der Waals surface area contributed by atoms with Crippen LogP contribution in [0.4, 0.5) is 0 Å². The van der Waals surface area contributed by atoms with Crippen LogP contribution in [0.25, 0.3) is 10.4 Å². The lowest BCUT2D eigenvalue weighted by molar-refractivity contribution is 0.112. The molecule has 3 heteroatoms. The molecule has 0 aliphatic heterocycles. The van der Waals surface area contributed by atoms with Crippen LogP contribution in [0.2, 0.25) is 0 Å². The normalized spacial score (nSPS) is 10.2. The number of rotatable bonds is 2. The molecular weight excluding hydrogens is 208 g/mol. The first-order chi connectivity index (χ1) is 7.20. The van der Waals surface area contributed by atoms with Crippen molar-refractivity contribution in [3.05, 3.63) is 40.8 Å². The smallest absolute Gasteiger partial charge is 0.153 e. The van der Waals surface area contributed by atoms with E-state index in [0.29, 0.717) is 11.8 Å². The fourth-order valence-corrected chi connectivity index (χ4v) is 2.28. The van der Waals surface area contributed by atoms with Gasteiger partial charge in [0.2, 0.25) is 0 Å². The summed E-state index contributed by atoms with van der Waals surface area (Å²) in [6, 6.07) is 7.15. The van der Waals surface area contributed by atoms with Crippen LogP contribution in [0.5, 0.6) is 5.75 Å².